The summed E-state index contributed by atoms with van der Waals surface area (Å²) in [5.41, 5.74) is 0.764. The fraction of sp³-hybridized carbons (Fsp3) is 0.474. The van der Waals surface area contributed by atoms with Crippen molar-refractivity contribution in [2.24, 2.45) is 0 Å². The molecule has 0 saturated carbocycles. The summed E-state index contributed by atoms with van der Waals surface area (Å²) in [6.45, 7) is 11.6. The third-order valence-corrected chi connectivity index (χ3v) is 6.17. The molecular formula is C19H28N2O5S. The number of esters is 1. The minimum Gasteiger partial charge on any atom is -0.461 e. The molecule has 1 unspecified atom stereocenters. The van der Waals surface area contributed by atoms with E-state index in [1.807, 2.05) is 13.8 Å². The molecule has 0 radical (unpaired) electrons. The Kier molecular flexibility index (Phi) is 9.17. The largest absolute Gasteiger partial charge is 0.461 e. The number of amides is 1. The van der Waals surface area contributed by atoms with Gasteiger partial charge in [0.15, 0.2) is 9.84 Å². The van der Waals surface area contributed by atoms with Gasteiger partial charge in [0, 0.05) is 12.2 Å². The standard InChI is InChI=1S/C19H28N2O5S/c1-5-14-27(24,25)15(4)18(22)20-17-10-8-16(9-11-17)19(23)26-13-12-21(6-2)7-3/h5,8-11,15H,1,6-7,12-14H2,2-4H3,(H,20,22). The molecule has 0 spiro atoms. The van der Waals surface area contributed by atoms with Gasteiger partial charge in [0.2, 0.25) is 5.91 Å². The highest BCUT2D eigenvalue weighted by atomic mass is 32.2. The van der Waals surface area contributed by atoms with Crippen LogP contribution in [-0.2, 0) is 19.4 Å². The Morgan fingerprint density at radius 3 is 2.33 bits per heavy atom. The summed E-state index contributed by atoms with van der Waals surface area (Å²) in [7, 11) is -3.58. The van der Waals surface area contributed by atoms with Crippen LogP contribution < -0.4 is 5.32 Å². The average molecular weight is 397 g/mol. The highest BCUT2D eigenvalue weighted by Gasteiger charge is 2.26. The van der Waals surface area contributed by atoms with Crippen LogP contribution in [0.5, 0.6) is 0 Å². The summed E-state index contributed by atoms with van der Waals surface area (Å²) >= 11 is 0. The molecule has 8 heteroatoms. The summed E-state index contributed by atoms with van der Waals surface area (Å²) in [4.78, 5) is 26.3. The van der Waals surface area contributed by atoms with Crippen molar-refractivity contribution in [3.8, 4) is 0 Å². The number of carbonyl (C=O) groups excluding carboxylic acids is 2. The van der Waals surface area contributed by atoms with Crippen LogP contribution in [0.2, 0.25) is 0 Å². The third-order valence-electron chi connectivity index (χ3n) is 4.18. The minimum absolute atomic E-state index is 0.264. The monoisotopic (exact) mass is 396 g/mol. The van der Waals surface area contributed by atoms with Crippen molar-refractivity contribution >= 4 is 27.4 Å². The van der Waals surface area contributed by atoms with Gasteiger partial charge in [-0.2, -0.15) is 0 Å². The van der Waals surface area contributed by atoms with Crippen LogP contribution in [0, 0.1) is 0 Å². The number of carbonyl (C=O) groups is 2. The molecule has 0 aromatic heterocycles. The molecule has 0 saturated heterocycles. The second kappa shape index (κ2) is 10.8. The van der Waals surface area contributed by atoms with Crippen molar-refractivity contribution in [3.05, 3.63) is 42.5 Å². The van der Waals surface area contributed by atoms with E-state index in [9.17, 15) is 18.0 Å². The van der Waals surface area contributed by atoms with E-state index in [1.165, 1.54) is 37.3 Å². The maximum Gasteiger partial charge on any atom is 0.338 e. The molecule has 1 rings (SSSR count). The van der Waals surface area contributed by atoms with E-state index >= 15 is 0 Å². The van der Waals surface area contributed by atoms with Crippen molar-refractivity contribution in [1.29, 1.82) is 0 Å². The van der Waals surface area contributed by atoms with Gasteiger partial charge in [0.05, 0.1) is 11.3 Å². The lowest BCUT2D eigenvalue weighted by Gasteiger charge is -2.17. The van der Waals surface area contributed by atoms with Crippen LogP contribution >= 0.6 is 0 Å². The summed E-state index contributed by atoms with van der Waals surface area (Å²) in [6.07, 6.45) is 1.25. The fourth-order valence-corrected chi connectivity index (χ4v) is 3.30. The second-order valence-corrected chi connectivity index (χ2v) is 8.36. The first kappa shape index (κ1) is 22.9. The van der Waals surface area contributed by atoms with Gasteiger partial charge < -0.3 is 15.0 Å². The number of anilines is 1. The van der Waals surface area contributed by atoms with Gasteiger partial charge in [-0.05, 0) is 44.3 Å². The fourth-order valence-electron chi connectivity index (χ4n) is 2.30. The van der Waals surface area contributed by atoms with Gasteiger partial charge in [-0.3, -0.25) is 4.79 Å². The van der Waals surface area contributed by atoms with Gasteiger partial charge in [-0.15, -0.1) is 6.58 Å². The van der Waals surface area contributed by atoms with Gasteiger partial charge >= 0.3 is 5.97 Å². The maximum absolute atomic E-state index is 12.1. The lowest BCUT2D eigenvalue weighted by Crippen LogP contribution is -2.33. The lowest BCUT2D eigenvalue weighted by atomic mass is 10.2. The average Bonchev–Trinajstić information content (AvgIpc) is 2.65. The minimum atomic E-state index is -3.58. The number of hydrogen-bond donors (Lipinski definition) is 1. The first-order valence-corrected chi connectivity index (χ1v) is 10.6. The molecule has 27 heavy (non-hydrogen) atoms. The van der Waals surface area contributed by atoms with E-state index in [2.05, 4.69) is 16.8 Å². The Labute approximate surface area is 161 Å². The summed E-state index contributed by atoms with van der Waals surface area (Å²) in [6, 6.07) is 6.12. The summed E-state index contributed by atoms with van der Waals surface area (Å²) in [5, 5.41) is 1.34. The number of ether oxygens (including phenoxy) is 1. The zero-order valence-corrected chi connectivity index (χ0v) is 16.9. The smallest absolute Gasteiger partial charge is 0.338 e. The number of sulfone groups is 1. The number of hydrogen-bond acceptors (Lipinski definition) is 6. The Hall–Kier alpha value is -2.19. The molecule has 1 aromatic rings. The van der Waals surface area contributed by atoms with E-state index in [0.29, 0.717) is 24.4 Å². The Bertz CT molecular complexity index is 740. The normalized spacial score (nSPS) is 12.4. The van der Waals surface area contributed by atoms with Crippen LogP contribution in [0.1, 0.15) is 31.1 Å². The van der Waals surface area contributed by atoms with Crippen molar-refractivity contribution in [3.63, 3.8) is 0 Å². The molecule has 1 atom stereocenters. The Morgan fingerprint density at radius 1 is 1.22 bits per heavy atom. The SMILES string of the molecule is C=CCS(=O)(=O)C(C)C(=O)Nc1ccc(C(=O)OCCN(CC)CC)cc1. The number of nitrogens with zero attached hydrogens (tertiary/aromatic N) is 1. The highest BCUT2D eigenvalue weighted by Crippen LogP contribution is 2.13. The van der Waals surface area contributed by atoms with Crippen molar-refractivity contribution in [2.45, 2.75) is 26.0 Å². The number of rotatable bonds is 11. The third kappa shape index (κ3) is 7.15. The quantitative estimate of drug-likeness (QED) is 0.455. The molecule has 0 fully saturated rings. The van der Waals surface area contributed by atoms with E-state index in [4.69, 9.17) is 4.74 Å². The topological polar surface area (TPSA) is 92.8 Å². The second-order valence-electron chi connectivity index (χ2n) is 5.99. The molecule has 1 amide bonds. The molecule has 0 bridgehead atoms. The van der Waals surface area contributed by atoms with Crippen molar-refractivity contribution in [2.75, 3.05) is 37.3 Å². The Morgan fingerprint density at radius 2 is 1.81 bits per heavy atom. The van der Waals surface area contributed by atoms with E-state index < -0.39 is 27.0 Å². The molecule has 0 heterocycles. The lowest BCUT2D eigenvalue weighted by molar-refractivity contribution is -0.115. The summed E-state index contributed by atoms with van der Waals surface area (Å²) < 4.78 is 29.0. The predicted molar refractivity (Wildman–Crippen MR) is 107 cm³/mol. The van der Waals surface area contributed by atoms with Crippen LogP contribution in [-0.4, -0.2) is 62.4 Å². The van der Waals surface area contributed by atoms with E-state index in [1.54, 1.807) is 0 Å². The van der Waals surface area contributed by atoms with Crippen LogP contribution in [0.25, 0.3) is 0 Å². The van der Waals surface area contributed by atoms with E-state index in [-0.39, 0.29) is 5.75 Å². The maximum atomic E-state index is 12.1. The molecule has 1 N–H and O–H groups in total. The number of likely N-dealkylation sites (N-methyl/N-ethyl adjacent to an activating group) is 1. The number of nitrogens with one attached hydrogen (secondary N) is 1. The highest BCUT2D eigenvalue weighted by molar-refractivity contribution is 7.92. The predicted octanol–water partition coefficient (Wildman–Crippen LogP) is 2.11. The van der Waals surface area contributed by atoms with Gasteiger partial charge in [0.1, 0.15) is 11.9 Å². The van der Waals surface area contributed by atoms with E-state index in [0.717, 1.165) is 13.1 Å². The zero-order chi connectivity index (χ0) is 20.4. The van der Waals surface area contributed by atoms with Crippen LogP contribution in [0.15, 0.2) is 36.9 Å². The van der Waals surface area contributed by atoms with Gasteiger partial charge in [-0.25, -0.2) is 13.2 Å². The molecule has 0 aliphatic heterocycles. The summed E-state index contributed by atoms with van der Waals surface area (Å²) in [5.74, 6) is -1.34. The van der Waals surface area contributed by atoms with Crippen LogP contribution in [0.3, 0.4) is 0 Å². The van der Waals surface area contributed by atoms with Gasteiger partial charge in [0.25, 0.3) is 0 Å². The molecular weight excluding hydrogens is 368 g/mol. The number of benzene rings is 1. The molecule has 1 aromatic carbocycles. The molecule has 0 aliphatic carbocycles. The van der Waals surface area contributed by atoms with Crippen molar-refractivity contribution < 1.29 is 22.7 Å². The van der Waals surface area contributed by atoms with Gasteiger partial charge in [-0.1, -0.05) is 19.9 Å². The molecule has 7 nitrogen and oxygen atoms in total. The molecule has 0 aliphatic rings. The molecule has 150 valence electrons. The zero-order valence-electron chi connectivity index (χ0n) is 16.1. The van der Waals surface area contributed by atoms with Crippen molar-refractivity contribution in [1.82, 2.24) is 4.90 Å². The first-order chi connectivity index (χ1) is 12.7. The first-order valence-electron chi connectivity index (χ1n) is 8.88. The van der Waals surface area contributed by atoms with Crippen LogP contribution in [0.4, 0.5) is 5.69 Å². The Balaban J connectivity index is 2.62.